The Morgan fingerprint density at radius 2 is 1.83 bits per heavy atom. The van der Waals surface area contributed by atoms with Crippen molar-refractivity contribution in [2.45, 2.75) is 65.5 Å². The molecule has 1 rings (SSSR count). The first-order valence-electron chi connectivity index (χ1n) is 7.15. The Kier molecular flexibility index (Phi) is 5.63. The summed E-state index contributed by atoms with van der Waals surface area (Å²) >= 11 is 0. The summed E-state index contributed by atoms with van der Waals surface area (Å²) in [6.45, 7) is 8.81. The molecule has 2 atom stereocenters. The highest BCUT2D eigenvalue weighted by Gasteiger charge is 2.38. The van der Waals surface area contributed by atoms with E-state index in [9.17, 15) is 9.59 Å². The van der Waals surface area contributed by atoms with Gasteiger partial charge in [-0.3, -0.25) is 9.59 Å². The number of nitrogens with zero attached hydrogens (tertiary/aromatic N) is 1. The van der Waals surface area contributed by atoms with Crippen LogP contribution >= 0.6 is 0 Å². The van der Waals surface area contributed by atoms with Gasteiger partial charge in [-0.1, -0.05) is 40.0 Å². The molecule has 1 aliphatic heterocycles. The van der Waals surface area contributed by atoms with Crippen LogP contribution in [-0.2, 0) is 9.59 Å². The number of amides is 2. The van der Waals surface area contributed by atoms with Gasteiger partial charge in [-0.15, -0.1) is 0 Å². The highest BCUT2D eigenvalue weighted by atomic mass is 16.2. The van der Waals surface area contributed by atoms with Crippen LogP contribution in [-0.4, -0.2) is 35.3 Å². The third-order valence-corrected chi connectivity index (χ3v) is 3.86. The van der Waals surface area contributed by atoms with Crippen LogP contribution in [0.3, 0.4) is 0 Å². The first-order chi connectivity index (χ1) is 8.54. The second kappa shape index (κ2) is 6.76. The molecule has 0 aromatic carbocycles. The van der Waals surface area contributed by atoms with E-state index in [1.165, 1.54) is 0 Å². The maximum atomic E-state index is 12.2. The van der Waals surface area contributed by atoms with E-state index in [0.29, 0.717) is 12.5 Å². The Balaban J connectivity index is 2.83. The summed E-state index contributed by atoms with van der Waals surface area (Å²) in [6, 6.07) is -0.640. The molecule has 0 aromatic heterocycles. The first kappa shape index (κ1) is 15.0. The number of carbonyl (C=O) groups excluding carboxylic acids is 2. The van der Waals surface area contributed by atoms with E-state index in [1.807, 2.05) is 11.8 Å². The molecule has 4 heteroatoms. The minimum atomic E-state index is -0.375. The predicted molar refractivity (Wildman–Crippen MR) is 72.1 cm³/mol. The maximum absolute atomic E-state index is 12.2. The van der Waals surface area contributed by atoms with Gasteiger partial charge in [0.15, 0.2) is 0 Å². The molecule has 2 amide bonds. The van der Waals surface area contributed by atoms with Crippen LogP contribution in [0.25, 0.3) is 0 Å². The minimum absolute atomic E-state index is 0.00917. The van der Waals surface area contributed by atoms with Crippen molar-refractivity contribution in [3.05, 3.63) is 0 Å². The molecule has 1 saturated heterocycles. The van der Waals surface area contributed by atoms with Crippen LogP contribution in [0.2, 0.25) is 0 Å². The lowest BCUT2D eigenvalue weighted by molar-refractivity contribution is -0.149. The van der Waals surface area contributed by atoms with Crippen molar-refractivity contribution >= 4 is 11.8 Å². The number of hydrogen-bond acceptors (Lipinski definition) is 2. The lowest BCUT2D eigenvalue weighted by Crippen LogP contribution is -2.63. The van der Waals surface area contributed by atoms with Gasteiger partial charge in [-0.05, 0) is 19.3 Å². The molecule has 0 bridgehead atoms. The van der Waals surface area contributed by atoms with Crippen LogP contribution < -0.4 is 5.32 Å². The van der Waals surface area contributed by atoms with E-state index in [1.54, 1.807) is 6.92 Å². The number of nitrogens with one attached hydrogen (secondary N) is 1. The Hall–Kier alpha value is -1.06. The van der Waals surface area contributed by atoms with E-state index in [4.69, 9.17) is 0 Å². The molecule has 1 N–H and O–H groups in total. The zero-order chi connectivity index (χ0) is 13.7. The Morgan fingerprint density at radius 3 is 2.33 bits per heavy atom. The van der Waals surface area contributed by atoms with Crippen molar-refractivity contribution in [2.24, 2.45) is 5.92 Å². The fraction of sp³-hybridized carbons (Fsp3) is 0.857. The van der Waals surface area contributed by atoms with E-state index in [-0.39, 0.29) is 23.9 Å². The zero-order valence-corrected chi connectivity index (χ0v) is 12.0. The van der Waals surface area contributed by atoms with Gasteiger partial charge in [-0.25, -0.2) is 0 Å². The molecule has 0 radical (unpaired) electrons. The minimum Gasteiger partial charge on any atom is -0.343 e. The third-order valence-electron chi connectivity index (χ3n) is 3.86. The second-order valence-electron chi connectivity index (χ2n) is 5.21. The summed E-state index contributed by atoms with van der Waals surface area (Å²) < 4.78 is 0. The molecule has 0 aromatic rings. The predicted octanol–water partition coefficient (Wildman–Crippen LogP) is 1.94. The van der Waals surface area contributed by atoms with Gasteiger partial charge in [0.25, 0.3) is 0 Å². The SMILES string of the molecule is CCCC1C(=O)NC(C)C(=O)N1CC(CC)CC. The lowest BCUT2D eigenvalue weighted by Gasteiger charge is -2.39. The van der Waals surface area contributed by atoms with Crippen molar-refractivity contribution in [1.29, 1.82) is 0 Å². The van der Waals surface area contributed by atoms with Gasteiger partial charge in [-0.2, -0.15) is 0 Å². The summed E-state index contributed by atoms with van der Waals surface area (Å²) in [6.07, 6.45) is 3.77. The summed E-state index contributed by atoms with van der Waals surface area (Å²) in [7, 11) is 0. The summed E-state index contributed by atoms with van der Waals surface area (Å²) in [5, 5.41) is 2.77. The molecule has 1 aliphatic rings. The molecule has 1 fully saturated rings. The van der Waals surface area contributed by atoms with Gasteiger partial charge in [0, 0.05) is 6.54 Å². The van der Waals surface area contributed by atoms with Crippen LogP contribution in [0.4, 0.5) is 0 Å². The molecule has 0 saturated carbocycles. The molecular weight excluding hydrogens is 228 g/mol. The van der Waals surface area contributed by atoms with Crippen molar-refractivity contribution < 1.29 is 9.59 Å². The summed E-state index contributed by atoms with van der Waals surface area (Å²) in [4.78, 5) is 26.0. The molecule has 4 nitrogen and oxygen atoms in total. The molecule has 1 heterocycles. The third kappa shape index (κ3) is 3.24. The van der Waals surface area contributed by atoms with Gasteiger partial charge in [0.1, 0.15) is 12.1 Å². The number of carbonyl (C=O) groups is 2. The second-order valence-corrected chi connectivity index (χ2v) is 5.21. The highest BCUT2D eigenvalue weighted by molar-refractivity contribution is 5.96. The summed E-state index contributed by atoms with van der Waals surface area (Å²) in [5.41, 5.74) is 0. The molecular formula is C14H26N2O2. The van der Waals surface area contributed by atoms with Crippen LogP contribution in [0.15, 0.2) is 0 Å². The van der Waals surface area contributed by atoms with Gasteiger partial charge >= 0.3 is 0 Å². The zero-order valence-electron chi connectivity index (χ0n) is 12.0. The highest BCUT2D eigenvalue weighted by Crippen LogP contribution is 2.19. The van der Waals surface area contributed by atoms with Crippen LogP contribution in [0, 0.1) is 5.92 Å². The molecule has 104 valence electrons. The topological polar surface area (TPSA) is 49.4 Å². The normalized spacial score (nSPS) is 24.6. The smallest absolute Gasteiger partial charge is 0.245 e. The van der Waals surface area contributed by atoms with E-state index in [2.05, 4.69) is 19.2 Å². The summed E-state index contributed by atoms with van der Waals surface area (Å²) in [5.74, 6) is 0.571. The Morgan fingerprint density at radius 1 is 1.22 bits per heavy atom. The standard InChI is InChI=1S/C14H26N2O2/c1-5-8-12-13(17)15-10(4)14(18)16(12)9-11(6-2)7-3/h10-12H,5-9H2,1-4H3,(H,15,17). The van der Waals surface area contributed by atoms with E-state index < -0.39 is 0 Å². The fourth-order valence-electron chi connectivity index (χ4n) is 2.52. The van der Waals surface area contributed by atoms with Crippen LogP contribution in [0.1, 0.15) is 53.4 Å². The van der Waals surface area contributed by atoms with Gasteiger partial charge < -0.3 is 10.2 Å². The number of piperazine rings is 1. The van der Waals surface area contributed by atoms with Gasteiger partial charge in [0.2, 0.25) is 11.8 Å². The lowest BCUT2D eigenvalue weighted by atomic mass is 9.98. The molecule has 18 heavy (non-hydrogen) atoms. The fourth-order valence-corrected chi connectivity index (χ4v) is 2.52. The molecule has 2 unspecified atom stereocenters. The van der Waals surface area contributed by atoms with Gasteiger partial charge in [0.05, 0.1) is 0 Å². The van der Waals surface area contributed by atoms with Crippen molar-refractivity contribution in [2.75, 3.05) is 6.54 Å². The van der Waals surface area contributed by atoms with Crippen molar-refractivity contribution in [1.82, 2.24) is 10.2 Å². The Labute approximate surface area is 110 Å². The van der Waals surface area contributed by atoms with E-state index >= 15 is 0 Å². The van der Waals surface area contributed by atoms with Crippen molar-refractivity contribution in [3.8, 4) is 0 Å². The number of rotatable bonds is 6. The van der Waals surface area contributed by atoms with Crippen LogP contribution in [0.5, 0.6) is 0 Å². The molecule has 0 spiro atoms. The average Bonchev–Trinajstić information content (AvgIpc) is 2.36. The maximum Gasteiger partial charge on any atom is 0.245 e. The first-order valence-corrected chi connectivity index (χ1v) is 7.15. The average molecular weight is 254 g/mol. The van der Waals surface area contributed by atoms with E-state index in [0.717, 1.165) is 25.7 Å². The monoisotopic (exact) mass is 254 g/mol. The molecule has 0 aliphatic carbocycles. The quantitative estimate of drug-likeness (QED) is 0.787. The van der Waals surface area contributed by atoms with Crippen molar-refractivity contribution in [3.63, 3.8) is 0 Å². The Bertz CT molecular complexity index is 300. The largest absolute Gasteiger partial charge is 0.343 e. The number of hydrogen-bond donors (Lipinski definition) is 1.